The van der Waals surface area contributed by atoms with Crippen LogP contribution in [0.4, 0.5) is 4.79 Å². The summed E-state index contributed by atoms with van der Waals surface area (Å²) in [6.07, 6.45) is 4.23. The third-order valence-electron chi connectivity index (χ3n) is 5.80. The number of hydrogen-bond acceptors (Lipinski definition) is 5. The lowest BCUT2D eigenvalue weighted by molar-refractivity contribution is -0.134. The number of ether oxygens (including phenoxy) is 1. The average molecular weight is 473 g/mol. The smallest absolute Gasteiger partial charge is 0.333 e. The highest BCUT2D eigenvalue weighted by Crippen LogP contribution is 2.29. The van der Waals surface area contributed by atoms with Gasteiger partial charge in [-0.05, 0) is 54.8 Å². The van der Waals surface area contributed by atoms with E-state index in [0.717, 1.165) is 33.2 Å². The molecule has 8 heteroatoms. The van der Waals surface area contributed by atoms with Gasteiger partial charge in [-0.1, -0.05) is 32.0 Å². The maximum atomic E-state index is 12.8. The lowest BCUT2D eigenvalue weighted by Crippen LogP contribution is -2.52. The van der Waals surface area contributed by atoms with Gasteiger partial charge >= 0.3 is 6.03 Å². The molecule has 2 aromatic carbocycles. The molecule has 35 heavy (non-hydrogen) atoms. The highest BCUT2D eigenvalue weighted by molar-refractivity contribution is 6.30. The van der Waals surface area contributed by atoms with E-state index in [2.05, 4.69) is 13.8 Å². The zero-order valence-electron chi connectivity index (χ0n) is 20.3. The molecule has 0 saturated carbocycles. The molecule has 0 atom stereocenters. The van der Waals surface area contributed by atoms with E-state index in [4.69, 9.17) is 9.84 Å². The van der Waals surface area contributed by atoms with Crippen LogP contribution >= 0.6 is 0 Å². The fraction of sp³-hybridized carbons (Fsp3) is 0.259. The fourth-order valence-electron chi connectivity index (χ4n) is 3.68. The molecule has 4 amide bonds. The Balaban J connectivity index is 1.74. The standard InChI is InChI=1S/C27H28N4O4/c1-18(2)14-15-35-22-12-10-19(11-13-22)24-20(17-31(28-24)21-8-6-5-7-9-21)16-23-25(32)29(3)27(34)30(4)26(23)33/h5-13,16-18H,14-15H2,1-4H3. The second-order valence-corrected chi connectivity index (χ2v) is 8.84. The number of aromatic nitrogens is 2. The summed E-state index contributed by atoms with van der Waals surface area (Å²) in [6, 6.07) is 16.4. The third-order valence-corrected chi connectivity index (χ3v) is 5.80. The van der Waals surface area contributed by atoms with Crippen LogP contribution in [0.1, 0.15) is 25.8 Å². The molecule has 0 bridgehead atoms. The maximum absolute atomic E-state index is 12.8. The average Bonchev–Trinajstić information content (AvgIpc) is 3.29. The molecule has 4 rings (SSSR count). The molecule has 3 aromatic rings. The van der Waals surface area contributed by atoms with Crippen LogP contribution in [0.15, 0.2) is 66.4 Å². The Morgan fingerprint density at radius 3 is 2.14 bits per heavy atom. The highest BCUT2D eigenvalue weighted by Gasteiger charge is 2.38. The SMILES string of the molecule is CC(C)CCOc1ccc(-c2nn(-c3ccccc3)cc2C=C2C(=O)N(C)C(=O)N(C)C2=O)cc1. The molecular weight excluding hydrogens is 444 g/mol. The summed E-state index contributed by atoms with van der Waals surface area (Å²) in [6.45, 7) is 4.94. The van der Waals surface area contributed by atoms with Crippen LogP contribution in [0.25, 0.3) is 23.0 Å². The zero-order chi connectivity index (χ0) is 25.1. The van der Waals surface area contributed by atoms with Gasteiger partial charge in [0.05, 0.1) is 18.0 Å². The zero-order valence-corrected chi connectivity index (χ0v) is 20.3. The first-order chi connectivity index (χ1) is 16.8. The first-order valence-electron chi connectivity index (χ1n) is 11.5. The van der Waals surface area contributed by atoms with Gasteiger partial charge in [-0.25, -0.2) is 9.48 Å². The van der Waals surface area contributed by atoms with Crippen molar-refractivity contribution in [3.05, 3.63) is 71.9 Å². The number of carbonyl (C=O) groups excluding carboxylic acids is 3. The molecule has 180 valence electrons. The monoisotopic (exact) mass is 472 g/mol. The van der Waals surface area contributed by atoms with E-state index in [9.17, 15) is 14.4 Å². The van der Waals surface area contributed by atoms with E-state index < -0.39 is 17.8 Å². The van der Waals surface area contributed by atoms with Crippen molar-refractivity contribution in [2.24, 2.45) is 5.92 Å². The second kappa shape index (κ2) is 9.97. The van der Waals surface area contributed by atoms with Crippen molar-refractivity contribution in [2.45, 2.75) is 20.3 Å². The Kier molecular flexibility index (Phi) is 6.82. The summed E-state index contributed by atoms with van der Waals surface area (Å²) in [7, 11) is 2.71. The van der Waals surface area contributed by atoms with Crippen LogP contribution < -0.4 is 4.74 Å². The van der Waals surface area contributed by atoms with Crippen LogP contribution in [-0.2, 0) is 9.59 Å². The van der Waals surface area contributed by atoms with Crippen molar-refractivity contribution in [1.29, 1.82) is 0 Å². The van der Waals surface area contributed by atoms with Gasteiger partial charge in [-0.3, -0.25) is 19.4 Å². The number of likely N-dealkylation sites (N-methyl/N-ethyl adjacent to an activating group) is 2. The highest BCUT2D eigenvalue weighted by atomic mass is 16.5. The summed E-state index contributed by atoms with van der Waals surface area (Å²) < 4.78 is 7.53. The Morgan fingerprint density at radius 1 is 0.914 bits per heavy atom. The van der Waals surface area contributed by atoms with Crippen LogP contribution in [-0.4, -0.2) is 58.1 Å². The predicted molar refractivity (Wildman–Crippen MR) is 133 cm³/mol. The van der Waals surface area contributed by atoms with Gasteiger partial charge in [0.25, 0.3) is 11.8 Å². The topological polar surface area (TPSA) is 84.7 Å². The molecule has 2 heterocycles. The van der Waals surface area contributed by atoms with Gasteiger partial charge in [0.2, 0.25) is 0 Å². The van der Waals surface area contributed by atoms with Gasteiger partial charge in [-0.2, -0.15) is 5.10 Å². The van der Waals surface area contributed by atoms with E-state index in [1.54, 1.807) is 10.9 Å². The maximum Gasteiger partial charge on any atom is 0.333 e. The molecule has 1 fully saturated rings. The van der Waals surface area contributed by atoms with Crippen LogP contribution in [0.2, 0.25) is 0 Å². The minimum absolute atomic E-state index is 0.0999. The molecular formula is C27H28N4O4. The molecule has 1 aromatic heterocycles. The van der Waals surface area contributed by atoms with Gasteiger partial charge < -0.3 is 4.74 Å². The lowest BCUT2D eigenvalue weighted by atomic mass is 10.0. The summed E-state index contributed by atoms with van der Waals surface area (Å²) in [5, 5.41) is 4.75. The Morgan fingerprint density at radius 2 is 1.54 bits per heavy atom. The normalized spacial score (nSPS) is 14.2. The van der Waals surface area contributed by atoms with Crippen molar-refractivity contribution >= 4 is 23.9 Å². The quantitative estimate of drug-likeness (QED) is 0.376. The number of amides is 4. The van der Waals surface area contributed by atoms with E-state index in [1.165, 1.54) is 20.2 Å². The molecule has 1 aliphatic heterocycles. The van der Waals surface area contributed by atoms with Crippen LogP contribution in [0.3, 0.4) is 0 Å². The summed E-state index contributed by atoms with van der Waals surface area (Å²) in [5.74, 6) is 0.0254. The third kappa shape index (κ3) is 5.01. The van der Waals surface area contributed by atoms with Crippen LogP contribution in [0, 0.1) is 5.92 Å². The molecule has 8 nitrogen and oxygen atoms in total. The lowest BCUT2D eigenvalue weighted by Gasteiger charge is -2.28. The van der Waals surface area contributed by atoms with Gasteiger partial charge in [-0.15, -0.1) is 0 Å². The number of barbiturate groups is 1. The summed E-state index contributed by atoms with van der Waals surface area (Å²) >= 11 is 0. The number of nitrogens with zero attached hydrogens (tertiary/aromatic N) is 4. The molecule has 0 N–H and O–H groups in total. The van der Waals surface area contributed by atoms with Gasteiger partial charge in [0.15, 0.2) is 0 Å². The molecule has 1 saturated heterocycles. The van der Waals surface area contributed by atoms with E-state index >= 15 is 0 Å². The number of benzene rings is 2. The largest absolute Gasteiger partial charge is 0.494 e. The minimum atomic E-state index is -0.662. The van der Waals surface area contributed by atoms with Crippen molar-refractivity contribution in [3.63, 3.8) is 0 Å². The van der Waals surface area contributed by atoms with Crippen molar-refractivity contribution in [3.8, 4) is 22.7 Å². The molecule has 0 unspecified atom stereocenters. The Hall–Kier alpha value is -4.20. The number of imide groups is 2. The van der Waals surface area contributed by atoms with Crippen molar-refractivity contribution < 1.29 is 19.1 Å². The summed E-state index contributed by atoms with van der Waals surface area (Å²) in [5.41, 5.74) is 2.71. The van der Waals surface area contributed by atoms with Crippen molar-refractivity contribution in [1.82, 2.24) is 19.6 Å². The van der Waals surface area contributed by atoms with Gasteiger partial charge in [0, 0.05) is 31.4 Å². The molecule has 0 aliphatic carbocycles. The number of para-hydroxylation sites is 1. The number of urea groups is 1. The number of rotatable bonds is 7. The van der Waals surface area contributed by atoms with Crippen LogP contribution in [0.5, 0.6) is 5.75 Å². The fourth-order valence-corrected chi connectivity index (χ4v) is 3.68. The molecule has 1 aliphatic rings. The first kappa shape index (κ1) is 23.9. The predicted octanol–water partition coefficient (Wildman–Crippen LogP) is 4.40. The number of hydrogen-bond donors (Lipinski definition) is 0. The first-order valence-corrected chi connectivity index (χ1v) is 11.5. The summed E-state index contributed by atoms with van der Waals surface area (Å²) in [4.78, 5) is 39.5. The van der Waals surface area contributed by atoms with Gasteiger partial charge in [0.1, 0.15) is 11.3 Å². The van der Waals surface area contributed by atoms with E-state index in [1.807, 2.05) is 54.6 Å². The second-order valence-electron chi connectivity index (χ2n) is 8.84. The molecule has 0 spiro atoms. The Bertz CT molecular complexity index is 1250. The van der Waals surface area contributed by atoms with Crippen molar-refractivity contribution in [2.75, 3.05) is 20.7 Å². The minimum Gasteiger partial charge on any atom is -0.494 e. The van der Waals surface area contributed by atoms with E-state index in [0.29, 0.717) is 23.8 Å². The molecule has 0 radical (unpaired) electrons. The Labute approximate surface area is 204 Å². The van der Waals surface area contributed by atoms with E-state index in [-0.39, 0.29) is 5.57 Å². The number of carbonyl (C=O) groups is 3.